The summed E-state index contributed by atoms with van der Waals surface area (Å²) in [5.74, 6) is 0.0738. The highest BCUT2D eigenvalue weighted by Gasteiger charge is 2.40. The lowest BCUT2D eigenvalue weighted by Gasteiger charge is -2.36. The van der Waals surface area contributed by atoms with Crippen LogP contribution < -0.4 is 0 Å². The van der Waals surface area contributed by atoms with Crippen molar-refractivity contribution in [3.8, 4) is 0 Å². The van der Waals surface area contributed by atoms with Crippen molar-refractivity contribution < 1.29 is 9.84 Å². The van der Waals surface area contributed by atoms with Gasteiger partial charge in [-0.1, -0.05) is 55.6 Å². The number of benzene rings is 1. The summed E-state index contributed by atoms with van der Waals surface area (Å²) >= 11 is 0. The average molecular weight is 273 g/mol. The van der Waals surface area contributed by atoms with Crippen molar-refractivity contribution in [2.45, 2.75) is 17.6 Å². The van der Waals surface area contributed by atoms with Crippen molar-refractivity contribution in [3.63, 3.8) is 0 Å². The molecule has 0 aromatic heterocycles. The summed E-state index contributed by atoms with van der Waals surface area (Å²) in [6.07, 6.45) is 2.67. The van der Waals surface area contributed by atoms with Crippen LogP contribution in [0.1, 0.15) is 11.5 Å². The maximum atomic E-state index is 10.7. The van der Waals surface area contributed by atoms with Crippen LogP contribution in [-0.2, 0) is 4.74 Å². The first kappa shape index (κ1) is 15.0. The molecule has 2 unspecified atom stereocenters. The monoisotopic (exact) mass is 273 g/mol. The minimum absolute atomic E-state index is 0.0738. The summed E-state index contributed by atoms with van der Waals surface area (Å²) in [5.41, 5.74) is -0.0560. The second kappa shape index (κ2) is 6.35. The number of ether oxygens (including phenoxy) is 1. The molecule has 1 aromatic carbocycles. The van der Waals surface area contributed by atoms with Gasteiger partial charge in [0, 0.05) is 19.0 Å². The summed E-state index contributed by atoms with van der Waals surface area (Å²) < 4.78 is 5.95. The van der Waals surface area contributed by atoms with Gasteiger partial charge in [0.1, 0.15) is 11.7 Å². The van der Waals surface area contributed by atoms with Gasteiger partial charge in [0.2, 0.25) is 0 Å². The Bertz CT molecular complexity index is 449. The molecule has 1 aromatic rings. The minimum atomic E-state index is -1.22. The van der Waals surface area contributed by atoms with E-state index >= 15 is 0 Å². The van der Waals surface area contributed by atoms with E-state index in [1.807, 2.05) is 18.2 Å². The molecule has 1 fully saturated rings. The lowest BCUT2D eigenvalue weighted by Crippen LogP contribution is -2.45. The van der Waals surface area contributed by atoms with Crippen LogP contribution in [0, 0.1) is 0 Å². The van der Waals surface area contributed by atoms with Crippen LogP contribution >= 0.6 is 0 Å². The van der Waals surface area contributed by atoms with E-state index < -0.39 is 5.60 Å². The fourth-order valence-corrected chi connectivity index (χ4v) is 2.73. The van der Waals surface area contributed by atoms with Gasteiger partial charge in [-0.3, -0.25) is 0 Å². The molecule has 20 heavy (non-hydrogen) atoms. The third kappa shape index (κ3) is 3.01. The van der Waals surface area contributed by atoms with Crippen LogP contribution in [0.3, 0.4) is 0 Å². The maximum Gasteiger partial charge on any atom is 0.127 e. The van der Waals surface area contributed by atoms with Gasteiger partial charge >= 0.3 is 0 Å². The summed E-state index contributed by atoms with van der Waals surface area (Å²) in [5, 5.41) is 10.7. The smallest absolute Gasteiger partial charge is 0.127 e. The van der Waals surface area contributed by atoms with Crippen molar-refractivity contribution in [1.29, 1.82) is 0 Å². The SMILES string of the molecule is C=CC(O)(C=C)C1OCCN(C)CC1c1ccccc1. The Balaban J connectivity index is 2.39. The molecule has 0 saturated carbocycles. The molecule has 0 bridgehead atoms. The van der Waals surface area contributed by atoms with E-state index in [-0.39, 0.29) is 12.0 Å². The third-order valence-electron chi connectivity index (χ3n) is 3.98. The summed E-state index contributed by atoms with van der Waals surface area (Å²) in [6.45, 7) is 9.76. The molecular formula is C17H23NO2. The molecular weight excluding hydrogens is 250 g/mol. The van der Waals surface area contributed by atoms with Crippen LogP contribution in [0.2, 0.25) is 0 Å². The van der Waals surface area contributed by atoms with E-state index in [1.54, 1.807) is 0 Å². The quantitative estimate of drug-likeness (QED) is 0.854. The average Bonchev–Trinajstić information content (AvgIpc) is 2.69. The fourth-order valence-electron chi connectivity index (χ4n) is 2.73. The second-order valence-electron chi connectivity index (χ2n) is 5.37. The lowest BCUT2D eigenvalue weighted by atomic mass is 9.82. The first-order chi connectivity index (χ1) is 9.60. The molecule has 0 aliphatic carbocycles. The van der Waals surface area contributed by atoms with Crippen LogP contribution in [0.5, 0.6) is 0 Å². The number of hydrogen-bond donors (Lipinski definition) is 1. The Kier molecular flexibility index (Phi) is 4.76. The molecule has 1 N–H and O–H groups in total. The topological polar surface area (TPSA) is 32.7 Å². The van der Waals surface area contributed by atoms with E-state index in [1.165, 1.54) is 12.2 Å². The lowest BCUT2D eigenvalue weighted by molar-refractivity contribution is -0.0592. The predicted molar refractivity (Wildman–Crippen MR) is 81.8 cm³/mol. The van der Waals surface area contributed by atoms with Gasteiger partial charge < -0.3 is 14.7 Å². The van der Waals surface area contributed by atoms with Crippen LogP contribution in [0.25, 0.3) is 0 Å². The molecule has 2 atom stereocenters. The minimum Gasteiger partial charge on any atom is -0.379 e. The summed E-state index contributed by atoms with van der Waals surface area (Å²) in [7, 11) is 2.07. The number of aliphatic hydroxyl groups is 1. The Morgan fingerprint density at radius 2 is 1.95 bits per heavy atom. The van der Waals surface area contributed by atoms with Gasteiger partial charge in [-0.05, 0) is 12.6 Å². The molecule has 1 saturated heterocycles. The fraction of sp³-hybridized carbons (Fsp3) is 0.412. The van der Waals surface area contributed by atoms with Crippen LogP contribution in [-0.4, -0.2) is 48.5 Å². The van der Waals surface area contributed by atoms with Gasteiger partial charge in [0.05, 0.1) is 6.61 Å². The van der Waals surface area contributed by atoms with Crippen molar-refractivity contribution in [2.24, 2.45) is 0 Å². The Hall–Kier alpha value is -1.42. The number of likely N-dealkylation sites (N-methyl/N-ethyl adjacent to an activating group) is 1. The van der Waals surface area contributed by atoms with Crippen molar-refractivity contribution in [2.75, 3.05) is 26.7 Å². The number of nitrogens with zero attached hydrogens (tertiary/aromatic N) is 1. The largest absolute Gasteiger partial charge is 0.379 e. The third-order valence-corrected chi connectivity index (χ3v) is 3.98. The summed E-state index contributed by atoms with van der Waals surface area (Å²) in [6, 6.07) is 10.2. The first-order valence-corrected chi connectivity index (χ1v) is 6.95. The predicted octanol–water partition coefficient (Wildman–Crippen LogP) is 2.20. The Labute approximate surface area is 121 Å². The normalized spacial score (nSPS) is 24.9. The van der Waals surface area contributed by atoms with Gasteiger partial charge in [0.25, 0.3) is 0 Å². The zero-order valence-electron chi connectivity index (χ0n) is 12.0. The van der Waals surface area contributed by atoms with Crippen LogP contribution in [0.15, 0.2) is 55.6 Å². The first-order valence-electron chi connectivity index (χ1n) is 6.95. The van der Waals surface area contributed by atoms with Gasteiger partial charge in [0.15, 0.2) is 0 Å². The number of rotatable bonds is 4. The highest BCUT2D eigenvalue weighted by Crippen LogP contribution is 2.33. The molecule has 0 radical (unpaired) electrons. The summed E-state index contributed by atoms with van der Waals surface area (Å²) in [4.78, 5) is 2.23. The van der Waals surface area contributed by atoms with Gasteiger partial charge in [-0.15, -0.1) is 0 Å². The van der Waals surface area contributed by atoms with Gasteiger partial charge in [-0.25, -0.2) is 0 Å². The Morgan fingerprint density at radius 1 is 1.30 bits per heavy atom. The zero-order valence-corrected chi connectivity index (χ0v) is 12.0. The zero-order chi connectivity index (χ0) is 14.6. The molecule has 0 amide bonds. The van der Waals surface area contributed by atoms with E-state index in [2.05, 4.69) is 37.2 Å². The van der Waals surface area contributed by atoms with Crippen molar-refractivity contribution in [1.82, 2.24) is 4.90 Å². The standard InChI is InChI=1S/C17H23NO2/c1-4-17(19,5-2)16-15(13-18(3)11-12-20-16)14-9-7-6-8-10-14/h4-10,15-16,19H,1-2,11-13H2,3H3. The molecule has 2 rings (SSSR count). The molecule has 3 nitrogen and oxygen atoms in total. The Morgan fingerprint density at radius 3 is 2.55 bits per heavy atom. The van der Waals surface area contributed by atoms with Crippen molar-refractivity contribution >= 4 is 0 Å². The van der Waals surface area contributed by atoms with E-state index in [4.69, 9.17) is 4.74 Å². The molecule has 1 aliphatic heterocycles. The van der Waals surface area contributed by atoms with E-state index in [0.29, 0.717) is 6.61 Å². The molecule has 108 valence electrons. The number of hydrogen-bond acceptors (Lipinski definition) is 3. The highest BCUT2D eigenvalue weighted by molar-refractivity contribution is 5.26. The molecule has 3 heteroatoms. The van der Waals surface area contributed by atoms with E-state index in [9.17, 15) is 5.11 Å². The molecule has 1 aliphatic rings. The van der Waals surface area contributed by atoms with Crippen molar-refractivity contribution in [3.05, 3.63) is 61.2 Å². The van der Waals surface area contributed by atoms with E-state index in [0.717, 1.165) is 18.7 Å². The van der Waals surface area contributed by atoms with Crippen LogP contribution in [0.4, 0.5) is 0 Å². The molecule has 1 heterocycles. The molecule has 0 spiro atoms. The second-order valence-corrected chi connectivity index (χ2v) is 5.37. The van der Waals surface area contributed by atoms with Gasteiger partial charge in [-0.2, -0.15) is 0 Å². The maximum absolute atomic E-state index is 10.7. The highest BCUT2D eigenvalue weighted by atomic mass is 16.5.